The van der Waals surface area contributed by atoms with Crippen LogP contribution in [0.4, 0.5) is 5.69 Å². The van der Waals surface area contributed by atoms with Gasteiger partial charge in [0, 0.05) is 10.9 Å². The second kappa shape index (κ2) is 5.78. The van der Waals surface area contributed by atoms with Gasteiger partial charge in [-0.05, 0) is 24.3 Å². The van der Waals surface area contributed by atoms with Crippen molar-refractivity contribution in [3.63, 3.8) is 0 Å². The molecular formula is C14H11BrN4O5. The van der Waals surface area contributed by atoms with Crippen LogP contribution in [0, 0.1) is 4.91 Å². The van der Waals surface area contributed by atoms with Gasteiger partial charge in [0.15, 0.2) is 11.3 Å². The van der Waals surface area contributed by atoms with Crippen LogP contribution in [0.2, 0.25) is 0 Å². The highest BCUT2D eigenvalue weighted by atomic mass is 79.9. The summed E-state index contributed by atoms with van der Waals surface area (Å²) < 4.78 is 5.35. The summed E-state index contributed by atoms with van der Waals surface area (Å²) in [5.41, 5.74) is -1.38. The fourth-order valence-electron chi connectivity index (χ4n) is 2.79. The third-order valence-electron chi connectivity index (χ3n) is 3.94. The quantitative estimate of drug-likeness (QED) is 0.435. The minimum absolute atomic E-state index is 0.129. The number of anilines is 1. The van der Waals surface area contributed by atoms with Crippen molar-refractivity contribution in [2.45, 2.75) is 18.4 Å². The fraction of sp³-hybridized carbons (Fsp3) is 0.286. The van der Waals surface area contributed by atoms with Crippen LogP contribution in [0.15, 0.2) is 39.1 Å². The molecule has 0 bridgehead atoms. The number of nitrogens with zero attached hydrogens (tertiary/aromatic N) is 4. The van der Waals surface area contributed by atoms with Gasteiger partial charge in [-0.3, -0.25) is 9.59 Å². The van der Waals surface area contributed by atoms with Gasteiger partial charge < -0.3 is 4.74 Å². The van der Waals surface area contributed by atoms with E-state index in [2.05, 4.69) is 31.1 Å². The smallest absolute Gasteiger partial charge is 0.354 e. The molecule has 10 heteroatoms. The zero-order valence-electron chi connectivity index (χ0n) is 12.4. The summed E-state index contributed by atoms with van der Waals surface area (Å²) in [6, 6.07) is 6.55. The molecule has 0 aromatic heterocycles. The number of rotatable bonds is 3. The van der Waals surface area contributed by atoms with Gasteiger partial charge in [0.1, 0.15) is 0 Å². The van der Waals surface area contributed by atoms with Crippen LogP contribution < -0.4 is 4.90 Å². The molecule has 0 N–H and O–H groups in total. The molecule has 1 spiro atoms. The molecule has 1 saturated heterocycles. The highest BCUT2D eigenvalue weighted by Gasteiger charge is 2.61. The minimum atomic E-state index is -1.62. The molecule has 3 rings (SSSR count). The second-order valence-electron chi connectivity index (χ2n) is 5.31. The van der Waals surface area contributed by atoms with Crippen molar-refractivity contribution in [2.24, 2.45) is 10.4 Å². The summed E-state index contributed by atoms with van der Waals surface area (Å²) in [4.78, 5) is 49.0. The first-order valence-electron chi connectivity index (χ1n) is 6.85. The summed E-state index contributed by atoms with van der Waals surface area (Å²) in [6.45, 7) is 0. The zero-order valence-corrected chi connectivity index (χ0v) is 14.0. The molecule has 2 aliphatic heterocycles. The molecule has 2 heterocycles. The third-order valence-corrected chi connectivity index (χ3v) is 4.46. The van der Waals surface area contributed by atoms with E-state index in [4.69, 9.17) is 0 Å². The van der Waals surface area contributed by atoms with Crippen LogP contribution >= 0.6 is 15.9 Å². The maximum atomic E-state index is 12.9. The number of amides is 2. The first kappa shape index (κ1) is 16.2. The maximum Gasteiger partial charge on any atom is 0.354 e. The Bertz CT molecular complexity index is 778. The van der Waals surface area contributed by atoms with Crippen molar-refractivity contribution >= 4 is 45.1 Å². The molecule has 9 nitrogen and oxygen atoms in total. The van der Waals surface area contributed by atoms with Crippen LogP contribution in [-0.2, 0) is 19.1 Å². The van der Waals surface area contributed by atoms with Crippen LogP contribution in [0.25, 0.3) is 0 Å². The normalized spacial score (nSPS) is 23.0. The number of methoxy groups -OCH3 is 1. The molecule has 124 valence electrons. The number of halogens is 1. The number of ether oxygens (including phenoxy) is 1. The van der Waals surface area contributed by atoms with E-state index in [0.717, 1.165) is 16.5 Å². The van der Waals surface area contributed by atoms with Crippen molar-refractivity contribution < 1.29 is 19.1 Å². The van der Waals surface area contributed by atoms with E-state index in [-0.39, 0.29) is 18.6 Å². The van der Waals surface area contributed by atoms with Gasteiger partial charge in [0.05, 0.1) is 24.5 Å². The molecule has 0 aliphatic carbocycles. The topological polar surface area (TPSA) is 109 Å². The van der Waals surface area contributed by atoms with Gasteiger partial charge in [0.25, 0.3) is 5.91 Å². The Morgan fingerprint density at radius 2 is 1.96 bits per heavy atom. The van der Waals surface area contributed by atoms with Gasteiger partial charge in [-0.1, -0.05) is 15.9 Å². The number of imide groups is 1. The standard InChI is InChI=1S/C14H11BrN4O5/c1-24-12(21)10-6-14(19(16-10)17-23)7-11(20)18(13(14)22)9-4-2-8(15)3-5-9/h2-5H,6-7H2,1H3/t14-/m0/s1. The van der Waals surface area contributed by atoms with Crippen molar-refractivity contribution in [3.05, 3.63) is 33.6 Å². The Kier molecular flexibility index (Phi) is 3.91. The lowest BCUT2D eigenvalue weighted by Gasteiger charge is -2.24. The molecule has 2 amide bonds. The molecule has 0 unspecified atom stereocenters. The van der Waals surface area contributed by atoms with Gasteiger partial charge in [-0.2, -0.15) is 0 Å². The van der Waals surface area contributed by atoms with E-state index in [1.807, 2.05) is 0 Å². The van der Waals surface area contributed by atoms with Crippen LogP contribution in [0.3, 0.4) is 0 Å². The number of nitroso groups, excluding NO2 is 1. The van der Waals surface area contributed by atoms with Gasteiger partial charge in [-0.25, -0.2) is 9.69 Å². The fourth-order valence-corrected chi connectivity index (χ4v) is 3.06. The lowest BCUT2D eigenvalue weighted by Crippen LogP contribution is -2.48. The van der Waals surface area contributed by atoms with Crippen molar-refractivity contribution in [1.29, 1.82) is 0 Å². The van der Waals surface area contributed by atoms with E-state index < -0.39 is 23.3 Å². The lowest BCUT2D eigenvalue weighted by molar-refractivity contribution is -0.132. The molecule has 1 aromatic rings. The third kappa shape index (κ3) is 2.30. The van der Waals surface area contributed by atoms with E-state index in [9.17, 15) is 19.3 Å². The van der Waals surface area contributed by atoms with Gasteiger partial charge >= 0.3 is 5.97 Å². The number of hydrogen-bond donors (Lipinski definition) is 0. The van der Waals surface area contributed by atoms with Crippen molar-refractivity contribution in [1.82, 2.24) is 5.12 Å². The van der Waals surface area contributed by atoms with Gasteiger partial charge in [-0.15, -0.1) is 15.1 Å². The number of carbonyl (C=O) groups excluding carboxylic acids is 3. The first-order valence-corrected chi connectivity index (χ1v) is 7.64. The Labute approximate surface area is 144 Å². The van der Waals surface area contributed by atoms with E-state index in [1.165, 1.54) is 0 Å². The summed E-state index contributed by atoms with van der Waals surface area (Å²) in [7, 11) is 1.16. The van der Waals surface area contributed by atoms with E-state index >= 15 is 0 Å². The van der Waals surface area contributed by atoms with Crippen molar-refractivity contribution in [3.8, 4) is 0 Å². The average molecular weight is 395 g/mol. The predicted octanol–water partition coefficient (Wildman–Crippen LogP) is 1.37. The number of esters is 1. The molecular weight excluding hydrogens is 384 g/mol. The second-order valence-corrected chi connectivity index (χ2v) is 6.22. The number of hydrogen-bond acceptors (Lipinski definition) is 7. The van der Waals surface area contributed by atoms with Crippen LogP contribution in [0.5, 0.6) is 0 Å². The number of carbonyl (C=O) groups is 3. The Morgan fingerprint density at radius 3 is 2.54 bits per heavy atom. The van der Waals surface area contributed by atoms with E-state index in [0.29, 0.717) is 10.8 Å². The molecule has 0 radical (unpaired) electrons. The molecule has 24 heavy (non-hydrogen) atoms. The Morgan fingerprint density at radius 1 is 1.29 bits per heavy atom. The molecule has 1 fully saturated rings. The average Bonchev–Trinajstić information content (AvgIpc) is 3.06. The summed E-state index contributed by atoms with van der Waals surface area (Å²) >= 11 is 3.27. The molecule has 0 saturated carbocycles. The lowest BCUT2D eigenvalue weighted by atomic mass is 9.92. The number of hydrazone groups is 1. The molecule has 1 aromatic carbocycles. The van der Waals surface area contributed by atoms with Crippen LogP contribution in [0.1, 0.15) is 12.8 Å². The number of benzene rings is 1. The molecule has 1 atom stereocenters. The monoisotopic (exact) mass is 394 g/mol. The van der Waals surface area contributed by atoms with Gasteiger partial charge in [0.2, 0.25) is 5.91 Å². The predicted molar refractivity (Wildman–Crippen MR) is 85.7 cm³/mol. The highest BCUT2D eigenvalue weighted by Crippen LogP contribution is 2.40. The van der Waals surface area contributed by atoms with E-state index in [1.54, 1.807) is 24.3 Å². The summed E-state index contributed by atoms with van der Waals surface area (Å²) in [5, 5.41) is 7.02. The first-order chi connectivity index (χ1) is 11.4. The summed E-state index contributed by atoms with van der Waals surface area (Å²) in [6.07, 6.45) is -0.527. The molecule has 2 aliphatic rings. The van der Waals surface area contributed by atoms with Crippen molar-refractivity contribution in [2.75, 3.05) is 12.0 Å². The van der Waals surface area contributed by atoms with Crippen LogP contribution in [-0.4, -0.2) is 41.3 Å². The highest BCUT2D eigenvalue weighted by molar-refractivity contribution is 9.10. The minimum Gasteiger partial charge on any atom is -0.464 e. The SMILES string of the molecule is COC(=O)C1=NN(N=O)[C@]2(CC(=O)N(c3ccc(Br)cc3)C2=O)C1. The Hall–Kier alpha value is -2.62. The Balaban J connectivity index is 1.97. The zero-order chi connectivity index (χ0) is 17.5. The largest absolute Gasteiger partial charge is 0.464 e. The summed E-state index contributed by atoms with van der Waals surface area (Å²) in [5.74, 6) is -1.93. The maximum absolute atomic E-state index is 12.9.